The molecule has 0 aromatic carbocycles. The summed E-state index contributed by atoms with van der Waals surface area (Å²) in [4.78, 5) is 21.1. The summed E-state index contributed by atoms with van der Waals surface area (Å²) in [6.07, 6.45) is 0.357. The van der Waals surface area contributed by atoms with Crippen LogP contribution in [-0.2, 0) is 9.59 Å². The van der Waals surface area contributed by atoms with Crippen molar-refractivity contribution in [1.29, 1.82) is 0 Å². The van der Waals surface area contributed by atoms with Crippen LogP contribution in [0.1, 0.15) is 26.7 Å². The molecule has 0 amide bonds. The highest BCUT2D eigenvalue weighted by molar-refractivity contribution is 5.85. The molecule has 0 aromatic rings. The maximum atomic E-state index is 10.6. The number of rotatable bonds is 5. The van der Waals surface area contributed by atoms with Gasteiger partial charge in [0.2, 0.25) is 0 Å². The maximum absolute atomic E-state index is 10.6. The first-order valence-electron chi connectivity index (χ1n) is 4.04. The van der Waals surface area contributed by atoms with Gasteiger partial charge in [0.1, 0.15) is 0 Å². The Morgan fingerprint density at radius 1 is 1.38 bits per heavy atom. The number of hydrogen-bond donors (Lipinski definition) is 3. The van der Waals surface area contributed by atoms with Crippen molar-refractivity contribution < 1.29 is 24.9 Å². The van der Waals surface area contributed by atoms with Crippen molar-refractivity contribution in [3.8, 4) is 0 Å². The molecule has 0 aromatic heterocycles. The van der Waals surface area contributed by atoms with Crippen LogP contribution in [0, 0.1) is 5.92 Å². The summed E-state index contributed by atoms with van der Waals surface area (Å²) in [6, 6.07) is 0. The molecule has 0 bridgehead atoms. The Bertz CT molecular complexity index is 213. The van der Waals surface area contributed by atoms with Crippen LogP contribution in [0.5, 0.6) is 0 Å². The quantitative estimate of drug-likeness (QED) is 0.580. The predicted molar refractivity (Wildman–Crippen MR) is 44.3 cm³/mol. The summed E-state index contributed by atoms with van der Waals surface area (Å²) in [5, 5.41) is 26.8. The van der Waals surface area contributed by atoms with Crippen molar-refractivity contribution in [3.05, 3.63) is 0 Å². The lowest BCUT2D eigenvalue weighted by molar-refractivity contribution is -0.174. The van der Waals surface area contributed by atoms with E-state index < -0.39 is 23.5 Å². The van der Waals surface area contributed by atoms with Gasteiger partial charge in [0.15, 0.2) is 5.60 Å². The first-order valence-corrected chi connectivity index (χ1v) is 4.04. The smallest absolute Gasteiger partial charge is 0.336 e. The third-order valence-corrected chi connectivity index (χ3v) is 2.09. The van der Waals surface area contributed by atoms with Crippen LogP contribution in [0.2, 0.25) is 0 Å². The Morgan fingerprint density at radius 3 is 2.08 bits per heavy atom. The molecule has 3 N–H and O–H groups in total. The van der Waals surface area contributed by atoms with Crippen LogP contribution < -0.4 is 0 Å². The molecule has 0 unspecified atom stereocenters. The molecule has 0 aliphatic rings. The van der Waals surface area contributed by atoms with Gasteiger partial charge in [0.25, 0.3) is 0 Å². The highest BCUT2D eigenvalue weighted by Crippen LogP contribution is 2.23. The SMILES string of the molecule is CCC[C@](O)(C(=O)O)[C@H](C)C(=O)O. The van der Waals surface area contributed by atoms with Gasteiger partial charge < -0.3 is 15.3 Å². The Morgan fingerprint density at radius 2 is 1.85 bits per heavy atom. The average molecular weight is 190 g/mol. The van der Waals surface area contributed by atoms with Crippen LogP contribution in [0.15, 0.2) is 0 Å². The Kier molecular flexibility index (Phi) is 3.87. The minimum atomic E-state index is -2.15. The van der Waals surface area contributed by atoms with E-state index in [0.717, 1.165) is 0 Å². The van der Waals surface area contributed by atoms with E-state index in [1.807, 2.05) is 0 Å². The second-order valence-corrected chi connectivity index (χ2v) is 3.04. The third kappa shape index (κ3) is 2.42. The standard InChI is InChI=1S/C8H14O5/c1-3-4-8(13,7(11)12)5(2)6(9)10/h5,13H,3-4H2,1-2H3,(H,9,10)(H,11,12)/t5-,8-/m1/s1. The zero-order valence-electron chi connectivity index (χ0n) is 7.65. The van der Waals surface area contributed by atoms with Crippen LogP contribution in [0.25, 0.3) is 0 Å². The first kappa shape index (κ1) is 11.9. The summed E-state index contributed by atoms with van der Waals surface area (Å²) >= 11 is 0. The molecule has 0 aliphatic heterocycles. The van der Waals surface area contributed by atoms with Crippen LogP contribution in [-0.4, -0.2) is 32.9 Å². The predicted octanol–water partition coefficient (Wildman–Crippen LogP) is 0.323. The van der Waals surface area contributed by atoms with E-state index in [2.05, 4.69) is 0 Å². The van der Waals surface area contributed by atoms with Gasteiger partial charge in [-0.05, 0) is 13.3 Å². The summed E-state index contributed by atoms with van der Waals surface area (Å²) in [5.74, 6) is -4.09. The normalized spacial score (nSPS) is 17.5. The molecular weight excluding hydrogens is 176 g/mol. The van der Waals surface area contributed by atoms with Crippen molar-refractivity contribution in [1.82, 2.24) is 0 Å². The topological polar surface area (TPSA) is 94.8 Å². The summed E-state index contributed by atoms with van der Waals surface area (Å²) in [7, 11) is 0. The molecular formula is C8H14O5. The van der Waals surface area contributed by atoms with Crippen molar-refractivity contribution in [2.24, 2.45) is 5.92 Å². The van der Waals surface area contributed by atoms with Gasteiger partial charge in [-0.3, -0.25) is 4.79 Å². The zero-order valence-corrected chi connectivity index (χ0v) is 7.65. The molecule has 0 heterocycles. The largest absolute Gasteiger partial charge is 0.481 e. The second kappa shape index (κ2) is 4.23. The maximum Gasteiger partial charge on any atom is 0.336 e. The molecule has 0 fully saturated rings. The van der Waals surface area contributed by atoms with E-state index >= 15 is 0 Å². The van der Waals surface area contributed by atoms with Crippen LogP contribution >= 0.6 is 0 Å². The second-order valence-electron chi connectivity index (χ2n) is 3.04. The van der Waals surface area contributed by atoms with E-state index in [-0.39, 0.29) is 6.42 Å². The van der Waals surface area contributed by atoms with Gasteiger partial charge >= 0.3 is 11.9 Å². The van der Waals surface area contributed by atoms with Crippen molar-refractivity contribution in [2.45, 2.75) is 32.3 Å². The van der Waals surface area contributed by atoms with Crippen LogP contribution in [0.4, 0.5) is 0 Å². The van der Waals surface area contributed by atoms with Crippen molar-refractivity contribution >= 4 is 11.9 Å². The van der Waals surface area contributed by atoms with Gasteiger partial charge in [0, 0.05) is 0 Å². The first-order chi connectivity index (χ1) is 5.86. The van der Waals surface area contributed by atoms with Gasteiger partial charge in [-0.15, -0.1) is 0 Å². The fraction of sp³-hybridized carbons (Fsp3) is 0.750. The monoisotopic (exact) mass is 190 g/mol. The molecule has 5 heteroatoms. The van der Waals surface area contributed by atoms with Crippen molar-refractivity contribution in [2.75, 3.05) is 0 Å². The molecule has 76 valence electrons. The molecule has 5 nitrogen and oxygen atoms in total. The lowest BCUT2D eigenvalue weighted by Crippen LogP contribution is -2.47. The molecule has 0 radical (unpaired) electrons. The number of carboxylic acids is 2. The Labute approximate surface area is 76.0 Å². The minimum absolute atomic E-state index is 0.0597. The van der Waals surface area contributed by atoms with E-state index in [0.29, 0.717) is 6.42 Å². The summed E-state index contributed by atoms with van der Waals surface area (Å²) < 4.78 is 0. The molecule has 0 rings (SSSR count). The summed E-state index contributed by atoms with van der Waals surface area (Å²) in [6.45, 7) is 2.87. The number of carboxylic acid groups (broad SMARTS) is 2. The van der Waals surface area contributed by atoms with Gasteiger partial charge in [0.05, 0.1) is 5.92 Å². The van der Waals surface area contributed by atoms with E-state index in [1.54, 1.807) is 6.92 Å². The lowest BCUT2D eigenvalue weighted by atomic mass is 9.85. The fourth-order valence-corrected chi connectivity index (χ4v) is 1.09. The number of aliphatic carboxylic acids is 2. The number of hydrogen-bond acceptors (Lipinski definition) is 3. The Hall–Kier alpha value is -1.10. The number of carbonyl (C=O) groups is 2. The molecule has 0 spiro atoms. The molecule has 0 saturated carbocycles. The highest BCUT2D eigenvalue weighted by Gasteiger charge is 2.44. The fourth-order valence-electron chi connectivity index (χ4n) is 1.09. The zero-order chi connectivity index (χ0) is 10.6. The molecule has 13 heavy (non-hydrogen) atoms. The minimum Gasteiger partial charge on any atom is -0.481 e. The number of aliphatic hydroxyl groups is 1. The molecule has 0 saturated heterocycles. The molecule has 2 atom stereocenters. The average Bonchev–Trinajstić information content (AvgIpc) is 2.02. The highest BCUT2D eigenvalue weighted by atomic mass is 16.4. The van der Waals surface area contributed by atoms with Gasteiger partial charge in [-0.1, -0.05) is 13.3 Å². The van der Waals surface area contributed by atoms with Crippen molar-refractivity contribution in [3.63, 3.8) is 0 Å². The lowest BCUT2D eigenvalue weighted by Gasteiger charge is -2.26. The van der Waals surface area contributed by atoms with Crippen LogP contribution in [0.3, 0.4) is 0 Å². The van der Waals surface area contributed by atoms with E-state index in [4.69, 9.17) is 10.2 Å². The third-order valence-electron chi connectivity index (χ3n) is 2.09. The van der Waals surface area contributed by atoms with E-state index in [9.17, 15) is 14.7 Å². The van der Waals surface area contributed by atoms with Gasteiger partial charge in [-0.25, -0.2) is 4.79 Å². The van der Waals surface area contributed by atoms with Gasteiger partial charge in [-0.2, -0.15) is 0 Å². The Balaban J connectivity index is 4.77. The van der Waals surface area contributed by atoms with E-state index in [1.165, 1.54) is 6.92 Å². The molecule has 0 aliphatic carbocycles. The summed E-state index contributed by atoms with van der Waals surface area (Å²) in [5.41, 5.74) is -2.15.